The van der Waals surface area contributed by atoms with Gasteiger partial charge in [-0.2, -0.15) is 5.10 Å². The molecule has 0 fully saturated rings. The molecule has 0 saturated carbocycles. The minimum absolute atomic E-state index is 0.0368. The molecular weight excluding hydrogens is 334 g/mol. The number of nitrogens with two attached hydrogens (primary N) is 1. The third-order valence-corrected chi connectivity index (χ3v) is 3.34. The zero-order chi connectivity index (χ0) is 11.7. The van der Waals surface area contributed by atoms with Crippen LogP contribution < -0.4 is 5.73 Å². The highest BCUT2D eigenvalue weighted by Crippen LogP contribution is 2.25. The van der Waals surface area contributed by atoms with Gasteiger partial charge >= 0.3 is 0 Å². The minimum Gasteiger partial charge on any atom is -0.324 e. The van der Waals surface area contributed by atoms with Gasteiger partial charge in [0.05, 0.1) is 16.4 Å². The largest absolute Gasteiger partial charge is 0.324 e. The van der Waals surface area contributed by atoms with Gasteiger partial charge in [0.1, 0.15) is 0 Å². The van der Waals surface area contributed by atoms with E-state index in [1.54, 1.807) is 10.9 Å². The van der Waals surface area contributed by atoms with Gasteiger partial charge in [0.25, 0.3) is 0 Å². The fourth-order valence-electron chi connectivity index (χ4n) is 1.42. The monoisotopic (exact) mass is 343 g/mol. The molecule has 1 aromatic carbocycles. The Morgan fingerprint density at radius 2 is 2.12 bits per heavy atom. The Bertz CT molecular complexity index is 506. The summed E-state index contributed by atoms with van der Waals surface area (Å²) >= 11 is 6.90. The Morgan fingerprint density at radius 1 is 1.38 bits per heavy atom. The van der Waals surface area contributed by atoms with E-state index in [0.29, 0.717) is 0 Å². The van der Waals surface area contributed by atoms with Crippen molar-refractivity contribution >= 4 is 31.9 Å². The van der Waals surface area contributed by atoms with Crippen molar-refractivity contribution in [2.45, 2.75) is 13.0 Å². The van der Waals surface area contributed by atoms with Gasteiger partial charge in [-0.3, -0.25) is 0 Å². The van der Waals surface area contributed by atoms with Crippen molar-refractivity contribution in [3.63, 3.8) is 0 Å². The van der Waals surface area contributed by atoms with Crippen LogP contribution in [0.15, 0.2) is 39.5 Å². The first-order valence-corrected chi connectivity index (χ1v) is 6.42. The molecule has 0 spiro atoms. The zero-order valence-corrected chi connectivity index (χ0v) is 11.9. The average molecular weight is 345 g/mol. The Kier molecular flexibility index (Phi) is 3.47. The second-order valence-electron chi connectivity index (χ2n) is 3.60. The van der Waals surface area contributed by atoms with Gasteiger partial charge in [-0.1, -0.05) is 6.07 Å². The summed E-state index contributed by atoms with van der Waals surface area (Å²) in [5, 5.41) is 4.23. The highest BCUT2D eigenvalue weighted by Gasteiger charge is 2.07. The Balaban J connectivity index is 2.44. The summed E-state index contributed by atoms with van der Waals surface area (Å²) in [5.41, 5.74) is 7.92. The highest BCUT2D eigenvalue weighted by molar-refractivity contribution is 9.10. The van der Waals surface area contributed by atoms with Crippen molar-refractivity contribution in [1.29, 1.82) is 0 Å². The van der Waals surface area contributed by atoms with Crippen molar-refractivity contribution < 1.29 is 0 Å². The molecule has 0 unspecified atom stereocenters. The molecule has 2 aromatic rings. The van der Waals surface area contributed by atoms with Gasteiger partial charge in [0.2, 0.25) is 0 Å². The molecule has 0 aliphatic heterocycles. The van der Waals surface area contributed by atoms with E-state index in [-0.39, 0.29) is 6.04 Å². The second-order valence-corrected chi connectivity index (χ2v) is 5.37. The molecule has 0 aliphatic carbocycles. The number of aromatic nitrogens is 2. The molecule has 0 saturated heterocycles. The van der Waals surface area contributed by atoms with Crippen LogP contribution in [-0.4, -0.2) is 9.78 Å². The first-order valence-electron chi connectivity index (χ1n) is 4.83. The van der Waals surface area contributed by atoms with Crippen LogP contribution in [-0.2, 0) is 0 Å². The van der Waals surface area contributed by atoms with Crippen LogP contribution in [0.4, 0.5) is 0 Å². The first-order chi connectivity index (χ1) is 7.58. The third-order valence-electron chi connectivity index (χ3n) is 2.30. The summed E-state index contributed by atoms with van der Waals surface area (Å²) in [5.74, 6) is 0. The van der Waals surface area contributed by atoms with Gasteiger partial charge in [0, 0.05) is 16.7 Å². The molecule has 3 nitrogen and oxygen atoms in total. The summed E-state index contributed by atoms with van der Waals surface area (Å²) in [6, 6.07) is 6.08. The maximum absolute atomic E-state index is 5.82. The third kappa shape index (κ3) is 2.36. The van der Waals surface area contributed by atoms with E-state index < -0.39 is 0 Å². The predicted molar refractivity (Wildman–Crippen MR) is 71.6 cm³/mol. The number of hydrogen-bond acceptors (Lipinski definition) is 2. The quantitative estimate of drug-likeness (QED) is 0.907. The van der Waals surface area contributed by atoms with Crippen LogP contribution in [0.1, 0.15) is 18.5 Å². The number of halogens is 2. The normalized spacial score (nSPS) is 12.8. The van der Waals surface area contributed by atoms with Gasteiger partial charge < -0.3 is 5.73 Å². The molecule has 2 N–H and O–H groups in total. The van der Waals surface area contributed by atoms with E-state index >= 15 is 0 Å². The van der Waals surface area contributed by atoms with Crippen molar-refractivity contribution in [2.24, 2.45) is 5.73 Å². The Labute approximate surface area is 111 Å². The number of hydrogen-bond donors (Lipinski definition) is 1. The van der Waals surface area contributed by atoms with E-state index in [1.165, 1.54) is 0 Å². The van der Waals surface area contributed by atoms with E-state index in [2.05, 4.69) is 37.0 Å². The van der Waals surface area contributed by atoms with Crippen LogP contribution in [0.3, 0.4) is 0 Å². The van der Waals surface area contributed by atoms with Crippen molar-refractivity contribution in [3.8, 4) is 5.69 Å². The summed E-state index contributed by atoms with van der Waals surface area (Å²) in [6.07, 6.45) is 3.66. The topological polar surface area (TPSA) is 43.8 Å². The smallest absolute Gasteiger partial charge is 0.0788 e. The maximum atomic E-state index is 5.82. The molecule has 5 heteroatoms. The van der Waals surface area contributed by atoms with E-state index in [9.17, 15) is 0 Å². The number of nitrogens with zero attached hydrogens (tertiary/aromatic N) is 2. The fraction of sp³-hybridized carbons (Fsp3) is 0.182. The second kappa shape index (κ2) is 4.69. The van der Waals surface area contributed by atoms with Crippen molar-refractivity contribution in [2.75, 3.05) is 0 Å². The molecule has 16 heavy (non-hydrogen) atoms. The molecular formula is C11H11Br2N3. The van der Waals surface area contributed by atoms with Gasteiger partial charge in [-0.05, 0) is 56.5 Å². The standard InChI is InChI=1S/C11H11Br2N3/c1-7(14)8-2-3-11(10(13)4-8)16-6-9(12)5-15-16/h2-7H,14H2,1H3/t7-/m0/s1. The van der Waals surface area contributed by atoms with Crippen LogP contribution in [0.5, 0.6) is 0 Å². The number of rotatable bonds is 2. The minimum atomic E-state index is 0.0368. The van der Waals surface area contributed by atoms with Gasteiger partial charge in [-0.15, -0.1) is 0 Å². The zero-order valence-electron chi connectivity index (χ0n) is 8.69. The molecule has 0 amide bonds. The lowest BCUT2D eigenvalue weighted by Gasteiger charge is -2.09. The molecule has 0 bridgehead atoms. The lowest BCUT2D eigenvalue weighted by atomic mass is 10.1. The molecule has 84 valence electrons. The van der Waals surface area contributed by atoms with Gasteiger partial charge in [0.15, 0.2) is 0 Å². The predicted octanol–water partition coefficient (Wildman–Crippen LogP) is 3.42. The molecule has 1 atom stereocenters. The van der Waals surface area contributed by atoms with Gasteiger partial charge in [-0.25, -0.2) is 4.68 Å². The summed E-state index contributed by atoms with van der Waals surface area (Å²) < 4.78 is 3.74. The van der Waals surface area contributed by atoms with Crippen LogP contribution in [0.25, 0.3) is 5.69 Å². The van der Waals surface area contributed by atoms with E-state index in [4.69, 9.17) is 5.73 Å². The lowest BCUT2D eigenvalue weighted by molar-refractivity contribution is 0.812. The highest BCUT2D eigenvalue weighted by atomic mass is 79.9. The van der Waals surface area contributed by atoms with Crippen LogP contribution >= 0.6 is 31.9 Å². The maximum Gasteiger partial charge on any atom is 0.0788 e. The Hall–Kier alpha value is -0.650. The summed E-state index contributed by atoms with van der Waals surface area (Å²) in [4.78, 5) is 0. The lowest BCUT2D eigenvalue weighted by Crippen LogP contribution is -2.05. The van der Waals surface area contributed by atoms with Crippen LogP contribution in [0, 0.1) is 0 Å². The molecule has 0 aliphatic rings. The first kappa shape index (κ1) is 11.8. The van der Waals surface area contributed by atoms with E-state index in [1.807, 2.05) is 31.3 Å². The molecule has 1 heterocycles. The Morgan fingerprint density at radius 3 is 2.62 bits per heavy atom. The van der Waals surface area contributed by atoms with Crippen molar-refractivity contribution in [1.82, 2.24) is 9.78 Å². The molecule has 1 aromatic heterocycles. The summed E-state index contributed by atoms with van der Waals surface area (Å²) in [7, 11) is 0. The number of benzene rings is 1. The molecule has 0 radical (unpaired) electrons. The van der Waals surface area contributed by atoms with E-state index in [0.717, 1.165) is 20.2 Å². The average Bonchev–Trinajstić information content (AvgIpc) is 2.64. The SMILES string of the molecule is C[C@H](N)c1ccc(-n2cc(Br)cn2)c(Br)c1. The van der Waals surface area contributed by atoms with Crippen LogP contribution in [0.2, 0.25) is 0 Å². The summed E-state index contributed by atoms with van der Waals surface area (Å²) in [6.45, 7) is 1.96. The fourth-order valence-corrected chi connectivity index (χ4v) is 2.29. The molecule has 2 rings (SSSR count). The van der Waals surface area contributed by atoms with Crippen molar-refractivity contribution in [3.05, 3.63) is 45.1 Å².